The van der Waals surface area contributed by atoms with Gasteiger partial charge in [-0.2, -0.15) is 0 Å². The second kappa shape index (κ2) is 28.7. The molecule has 0 bridgehead atoms. The van der Waals surface area contributed by atoms with Crippen molar-refractivity contribution in [2.45, 2.75) is 59.8 Å². The summed E-state index contributed by atoms with van der Waals surface area (Å²) in [7, 11) is 0. The molecule has 3 atom stereocenters. The highest BCUT2D eigenvalue weighted by molar-refractivity contribution is 5.89. The van der Waals surface area contributed by atoms with E-state index in [0.29, 0.717) is 12.8 Å². The van der Waals surface area contributed by atoms with E-state index in [-0.39, 0.29) is 73.7 Å². The largest absolute Gasteiger partial charge is 0.480 e. The second-order valence-corrected chi connectivity index (χ2v) is 9.75. The highest BCUT2D eigenvalue weighted by atomic mass is 16.4. The molecule has 6 amide bonds. The third-order valence-corrected chi connectivity index (χ3v) is 5.91. The molecule has 0 aromatic carbocycles. The van der Waals surface area contributed by atoms with Gasteiger partial charge >= 0.3 is 11.9 Å². The molecule has 46 heavy (non-hydrogen) atoms. The van der Waals surface area contributed by atoms with Gasteiger partial charge in [0.25, 0.3) is 0 Å². The highest BCUT2D eigenvalue weighted by Gasteiger charge is 2.16. The van der Waals surface area contributed by atoms with E-state index in [0.717, 1.165) is 37.5 Å². The van der Waals surface area contributed by atoms with Crippen molar-refractivity contribution in [2.24, 2.45) is 17.8 Å². The zero-order valence-corrected chi connectivity index (χ0v) is 27.1. The minimum Gasteiger partial charge on any atom is -0.480 e. The molecular weight excluding hydrogens is 604 g/mol. The summed E-state index contributed by atoms with van der Waals surface area (Å²) >= 11 is 0. The summed E-state index contributed by atoms with van der Waals surface area (Å²) in [6, 6.07) is 0. The number of rotatable bonds is 20. The monoisotopic (exact) mass is 654 g/mol. The van der Waals surface area contributed by atoms with Gasteiger partial charge in [-0.25, -0.2) is 0 Å². The standard InChI is InChI=1S/C18H33N3O5.C7H10N2O2.C5H7NO3/c1-5-12(2)16(24)20-11-21-18(26)14(4)9-7-6-8-13(3)17(25)19-10-15(22)23;1-3-6(10)8-5-9-7(11)4-2;1-2-4(7)6-3-5(8)9/h12-14H,5-11H2,1-4H3,(H,19,25)(H,20,24)(H,21,26)(H,22,23);3-4H,1-2,5H2,(H,8,10)(H,9,11);2H,1,3H2,(H,6,7)(H,8,9). The van der Waals surface area contributed by atoms with Crippen LogP contribution in [0.5, 0.6) is 0 Å². The van der Waals surface area contributed by atoms with Crippen molar-refractivity contribution in [1.82, 2.24) is 31.9 Å². The van der Waals surface area contributed by atoms with E-state index < -0.39 is 17.8 Å². The molecule has 0 aromatic rings. The predicted octanol–water partition coefficient (Wildman–Crippen LogP) is 0.177. The van der Waals surface area contributed by atoms with Crippen LogP contribution in [-0.4, -0.2) is 84.0 Å². The first-order chi connectivity index (χ1) is 21.5. The van der Waals surface area contributed by atoms with Crippen LogP contribution in [-0.2, 0) is 38.4 Å². The summed E-state index contributed by atoms with van der Waals surface area (Å²) in [6.07, 6.45) is 6.93. The zero-order valence-electron chi connectivity index (χ0n) is 27.1. The van der Waals surface area contributed by atoms with E-state index in [9.17, 15) is 38.4 Å². The average Bonchev–Trinajstić information content (AvgIpc) is 3.03. The molecule has 0 heterocycles. The Bertz CT molecular complexity index is 1030. The summed E-state index contributed by atoms with van der Waals surface area (Å²) in [4.78, 5) is 86.6. The Balaban J connectivity index is -0.000000753. The molecule has 0 spiro atoms. The molecule has 0 radical (unpaired) electrons. The lowest BCUT2D eigenvalue weighted by molar-refractivity contribution is -0.138. The van der Waals surface area contributed by atoms with Gasteiger partial charge in [-0.1, -0.05) is 60.3 Å². The number of carbonyl (C=O) groups excluding carboxylic acids is 6. The maximum Gasteiger partial charge on any atom is 0.322 e. The SMILES string of the molecule is C=CC(=O)NCC(=O)O.C=CC(=O)NCNC(=O)C=C.CCC(C)C(=O)NCNC(=O)C(C)CCCCC(C)C(=O)NCC(=O)O. The third kappa shape index (κ3) is 29.1. The number of hydrogen-bond acceptors (Lipinski definition) is 8. The van der Waals surface area contributed by atoms with Gasteiger partial charge in [0.15, 0.2) is 0 Å². The molecule has 0 aliphatic rings. The van der Waals surface area contributed by atoms with E-state index in [1.807, 2.05) is 20.8 Å². The fourth-order valence-electron chi connectivity index (χ4n) is 2.85. The quantitative estimate of drug-likeness (QED) is 0.0502. The number of carboxylic acid groups (broad SMARTS) is 2. The molecule has 16 heteroatoms. The Morgan fingerprint density at radius 2 is 0.870 bits per heavy atom. The smallest absolute Gasteiger partial charge is 0.322 e. The maximum absolute atomic E-state index is 12.0. The first-order valence-electron chi connectivity index (χ1n) is 14.5. The molecule has 0 saturated heterocycles. The zero-order chi connectivity index (χ0) is 36.1. The fourth-order valence-corrected chi connectivity index (χ4v) is 2.85. The van der Waals surface area contributed by atoms with E-state index in [1.54, 1.807) is 6.92 Å². The normalized spacial score (nSPS) is 11.4. The van der Waals surface area contributed by atoms with Crippen LogP contribution in [0.1, 0.15) is 59.8 Å². The molecular formula is C30H50N6O10. The van der Waals surface area contributed by atoms with Crippen molar-refractivity contribution < 1.29 is 48.6 Å². The van der Waals surface area contributed by atoms with Crippen LogP contribution in [0.2, 0.25) is 0 Å². The van der Waals surface area contributed by atoms with Crippen molar-refractivity contribution in [3.63, 3.8) is 0 Å². The Hall–Kier alpha value is -5.02. The van der Waals surface area contributed by atoms with E-state index in [2.05, 4.69) is 51.6 Å². The summed E-state index contributed by atoms with van der Waals surface area (Å²) in [6.45, 7) is 16.5. The Morgan fingerprint density at radius 1 is 0.543 bits per heavy atom. The van der Waals surface area contributed by atoms with Gasteiger partial charge in [-0.3, -0.25) is 38.4 Å². The Kier molecular flexibility index (Phi) is 28.4. The van der Waals surface area contributed by atoms with Gasteiger partial charge in [-0.15, -0.1) is 0 Å². The number of unbranched alkanes of at least 4 members (excludes halogenated alkanes) is 1. The summed E-state index contributed by atoms with van der Waals surface area (Å²) < 4.78 is 0. The average molecular weight is 655 g/mol. The van der Waals surface area contributed by atoms with Crippen LogP contribution in [0, 0.1) is 17.8 Å². The molecule has 0 rings (SSSR count). The van der Waals surface area contributed by atoms with Gasteiger partial charge in [0.1, 0.15) is 13.1 Å². The number of carboxylic acids is 2. The lowest BCUT2D eigenvalue weighted by Gasteiger charge is -2.15. The lowest BCUT2D eigenvalue weighted by atomic mass is 9.98. The van der Waals surface area contributed by atoms with Crippen LogP contribution in [0.15, 0.2) is 38.0 Å². The van der Waals surface area contributed by atoms with Crippen LogP contribution in [0.25, 0.3) is 0 Å². The summed E-state index contributed by atoms with van der Waals surface area (Å²) in [5.74, 6) is -4.20. The van der Waals surface area contributed by atoms with Crippen molar-refractivity contribution in [2.75, 3.05) is 26.4 Å². The topological polar surface area (TPSA) is 249 Å². The van der Waals surface area contributed by atoms with Gasteiger partial charge < -0.3 is 42.1 Å². The van der Waals surface area contributed by atoms with Crippen molar-refractivity contribution in [3.8, 4) is 0 Å². The third-order valence-electron chi connectivity index (χ3n) is 5.91. The summed E-state index contributed by atoms with van der Waals surface area (Å²) in [5, 5.41) is 31.1. The van der Waals surface area contributed by atoms with Crippen LogP contribution < -0.4 is 31.9 Å². The fraction of sp³-hybridized carbons (Fsp3) is 0.533. The van der Waals surface area contributed by atoms with E-state index in [4.69, 9.17) is 10.2 Å². The van der Waals surface area contributed by atoms with Crippen LogP contribution >= 0.6 is 0 Å². The Labute approximate surface area is 269 Å². The highest BCUT2D eigenvalue weighted by Crippen LogP contribution is 2.13. The first kappa shape index (κ1) is 45.4. The molecule has 0 aromatic heterocycles. The van der Waals surface area contributed by atoms with Crippen molar-refractivity contribution in [1.29, 1.82) is 0 Å². The number of hydrogen-bond donors (Lipinski definition) is 8. The van der Waals surface area contributed by atoms with Gasteiger partial charge in [0.2, 0.25) is 35.4 Å². The molecule has 16 nitrogen and oxygen atoms in total. The molecule has 0 saturated carbocycles. The molecule has 0 aliphatic heterocycles. The number of aliphatic carboxylic acids is 2. The van der Waals surface area contributed by atoms with Crippen LogP contribution in [0.4, 0.5) is 0 Å². The maximum atomic E-state index is 12.0. The second-order valence-electron chi connectivity index (χ2n) is 9.75. The molecule has 0 fully saturated rings. The molecule has 8 N–H and O–H groups in total. The molecule has 3 unspecified atom stereocenters. The molecule has 0 aliphatic carbocycles. The van der Waals surface area contributed by atoms with Crippen molar-refractivity contribution in [3.05, 3.63) is 38.0 Å². The van der Waals surface area contributed by atoms with Crippen molar-refractivity contribution >= 4 is 47.4 Å². The van der Waals surface area contributed by atoms with Crippen LogP contribution in [0.3, 0.4) is 0 Å². The first-order valence-corrected chi connectivity index (χ1v) is 14.5. The number of amides is 6. The van der Waals surface area contributed by atoms with E-state index >= 15 is 0 Å². The van der Waals surface area contributed by atoms with Gasteiger partial charge in [0.05, 0.1) is 13.3 Å². The molecule has 260 valence electrons. The lowest BCUT2D eigenvalue weighted by Crippen LogP contribution is -2.41. The minimum absolute atomic E-state index is 0.0704. The predicted molar refractivity (Wildman–Crippen MR) is 170 cm³/mol. The van der Waals surface area contributed by atoms with Gasteiger partial charge in [0, 0.05) is 17.8 Å². The minimum atomic E-state index is -1.06. The van der Waals surface area contributed by atoms with E-state index in [1.165, 1.54) is 0 Å². The summed E-state index contributed by atoms with van der Waals surface area (Å²) in [5.41, 5.74) is 0. The number of carbonyl (C=O) groups is 8. The van der Waals surface area contributed by atoms with Gasteiger partial charge in [-0.05, 0) is 37.5 Å². The number of nitrogens with one attached hydrogen (secondary N) is 6. The Morgan fingerprint density at radius 3 is 1.24 bits per heavy atom.